The molecule has 0 spiro atoms. The molecule has 1 atom stereocenters. The van der Waals surface area contributed by atoms with Crippen molar-refractivity contribution >= 4 is 39.0 Å². The Morgan fingerprint density at radius 1 is 1.28 bits per heavy atom. The largest absolute Gasteiger partial charge is 0.383 e. The average Bonchev–Trinajstić information content (AvgIpc) is 3.54. The number of amides is 2. The van der Waals surface area contributed by atoms with Crippen molar-refractivity contribution in [3.8, 4) is 0 Å². The zero-order chi connectivity index (χ0) is 22.1. The molecule has 1 unspecified atom stereocenters. The average molecular weight is 450 g/mol. The summed E-state index contributed by atoms with van der Waals surface area (Å²) in [5.41, 5.74) is 1.42. The monoisotopic (exact) mass is 449 g/mol. The summed E-state index contributed by atoms with van der Waals surface area (Å²) < 4.78 is 7.88. The van der Waals surface area contributed by atoms with E-state index in [4.69, 9.17) is 4.74 Å². The number of nitrogens with zero attached hydrogens (tertiary/aromatic N) is 4. The molecule has 1 saturated heterocycles. The number of methoxy groups -OCH3 is 1. The molecule has 1 aliphatic heterocycles. The molecule has 0 bridgehead atoms. The number of aromatic nitrogens is 3. The lowest BCUT2D eigenvalue weighted by molar-refractivity contribution is 0.0785. The number of benzene rings is 1. The van der Waals surface area contributed by atoms with Crippen molar-refractivity contribution in [2.45, 2.75) is 12.3 Å². The van der Waals surface area contributed by atoms with Crippen LogP contribution in [0, 0.1) is 0 Å². The Labute approximate surface area is 188 Å². The van der Waals surface area contributed by atoms with Gasteiger partial charge in [0.2, 0.25) is 5.78 Å². The van der Waals surface area contributed by atoms with E-state index in [1.807, 2.05) is 29.3 Å². The lowest BCUT2D eigenvalue weighted by atomic mass is 9.95. The van der Waals surface area contributed by atoms with Gasteiger partial charge >= 0.3 is 0 Å². The number of hydrogen-bond acceptors (Lipinski definition) is 6. The molecule has 1 fully saturated rings. The number of rotatable bonds is 6. The van der Waals surface area contributed by atoms with E-state index in [1.54, 1.807) is 30.0 Å². The molecule has 1 aromatic carbocycles. The second kappa shape index (κ2) is 8.68. The van der Waals surface area contributed by atoms with Gasteiger partial charge in [0.1, 0.15) is 5.69 Å². The van der Waals surface area contributed by atoms with E-state index in [0.717, 1.165) is 26.9 Å². The third-order valence-electron chi connectivity index (χ3n) is 5.77. The summed E-state index contributed by atoms with van der Waals surface area (Å²) >= 11 is 1.51. The second-order valence-electron chi connectivity index (χ2n) is 7.78. The normalized spacial score (nSPS) is 16.2. The van der Waals surface area contributed by atoms with E-state index in [0.29, 0.717) is 37.7 Å². The molecule has 2 amide bonds. The van der Waals surface area contributed by atoms with E-state index >= 15 is 0 Å². The Kier molecular flexibility index (Phi) is 5.59. The lowest BCUT2D eigenvalue weighted by Gasteiger charge is -2.16. The maximum Gasteiger partial charge on any atom is 0.274 e. The summed E-state index contributed by atoms with van der Waals surface area (Å²) in [4.78, 5) is 37.2. The van der Waals surface area contributed by atoms with E-state index < -0.39 is 0 Å². The SMILES string of the molecule is COCCNC(=O)c1sc2ccccc2c1C1CCN(C(=O)c2cn3cccnc3n2)C1. The topological polar surface area (TPSA) is 88.8 Å². The number of thiophene rings is 1. The number of imidazole rings is 1. The van der Waals surface area contributed by atoms with Crippen LogP contribution in [0.3, 0.4) is 0 Å². The maximum atomic E-state index is 13.1. The van der Waals surface area contributed by atoms with Crippen molar-refractivity contribution in [1.29, 1.82) is 0 Å². The van der Waals surface area contributed by atoms with Crippen LogP contribution in [0.4, 0.5) is 0 Å². The van der Waals surface area contributed by atoms with Gasteiger partial charge in [0.25, 0.3) is 11.8 Å². The van der Waals surface area contributed by atoms with Gasteiger partial charge in [-0.05, 0) is 29.5 Å². The molecule has 4 heterocycles. The smallest absolute Gasteiger partial charge is 0.274 e. The first-order chi connectivity index (χ1) is 15.7. The fraction of sp³-hybridized carbons (Fsp3) is 0.304. The van der Waals surface area contributed by atoms with Crippen LogP contribution in [-0.2, 0) is 4.74 Å². The van der Waals surface area contributed by atoms with Crippen LogP contribution < -0.4 is 5.32 Å². The minimum Gasteiger partial charge on any atom is -0.383 e. The van der Waals surface area contributed by atoms with Crippen molar-refractivity contribution in [3.63, 3.8) is 0 Å². The predicted octanol–water partition coefficient (Wildman–Crippen LogP) is 2.95. The van der Waals surface area contributed by atoms with Gasteiger partial charge in [-0.25, -0.2) is 9.97 Å². The van der Waals surface area contributed by atoms with Crippen LogP contribution in [0.5, 0.6) is 0 Å². The number of likely N-dealkylation sites (tertiary alicyclic amines) is 1. The molecule has 5 rings (SSSR count). The first-order valence-corrected chi connectivity index (χ1v) is 11.3. The van der Waals surface area contributed by atoms with E-state index in [9.17, 15) is 9.59 Å². The molecule has 1 aliphatic rings. The fourth-order valence-electron chi connectivity index (χ4n) is 4.26. The molecule has 9 heteroatoms. The van der Waals surface area contributed by atoms with Crippen LogP contribution in [0.1, 0.15) is 38.1 Å². The summed E-state index contributed by atoms with van der Waals surface area (Å²) in [6.45, 7) is 2.10. The van der Waals surface area contributed by atoms with Gasteiger partial charge < -0.3 is 15.0 Å². The molecule has 0 saturated carbocycles. The maximum absolute atomic E-state index is 13.1. The molecule has 3 aromatic heterocycles. The number of hydrogen-bond donors (Lipinski definition) is 1. The third kappa shape index (κ3) is 3.74. The van der Waals surface area contributed by atoms with Gasteiger partial charge in [-0.3, -0.25) is 14.0 Å². The van der Waals surface area contributed by atoms with Crippen LogP contribution in [0.25, 0.3) is 15.9 Å². The Morgan fingerprint density at radius 3 is 3.00 bits per heavy atom. The molecule has 8 nitrogen and oxygen atoms in total. The molecule has 4 aromatic rings. The van der Waals surface area contributed by atoms with Crippen LogP contribution in [-0.4, -0.2) is 64.4 Å². The Hall–Kier alpha value is -3.30. The zero-order valence-corrected chi connectivity index (χ0v) is 18.5. The van der Waals surface area contributed by atoms with Gasteiger partial charge in [0, 0.05) is 56.0 Å². The Bertz CT molecular complexity index is 1260. The number of nitrogens with one attached hydrogen (secondary N) is 1. The highest BCUT2D eigenvalue weighted by Crippen LogP contribution is 2.40. The quantitative estimate of drug-likeness (QED) is 0.457. The fourth-order valence-corrected chi connectivity index (χ4v) is 5.47. The standard InChI is InChI=1S/C23H23N5O3S/c1-31-12-9-24-21(29)20-19(16-5-2-3-6-18(16)32-20)15-7-11-27(13-15)22(30)17-14-28-10-4-8-25-23(28)26-17/h2-6,8,10,14-15H,7,9,11-13H2,1H3,(H,24,29). The molecule has 32 heavy (non-hydrogen) atoms. The third-order valence-corrected chi connectivity index (χ3v) is 6.96. The number of carbonyl (C=O) groups is 2. The van der Waals surface area contributed by atoms with E-state index in [-0.39, 0.29) is 17.7 Å². The summed E-state index contributed by atoms with van der Waals surface area (Å²) in [7, 11) is 1.61. The number of fused-ring (bicyclic) bond motifs is 2. The highest BCUT2D eigenvalue weighted by Gasteiger charge is 2.33. The molecule has 164 valence electrons. The highest BCUT2D eigenvalue weighted by molar-refractivity contribution is 7.21. The predicted molar refractivity (Wildman–Crippen MR) is 122 cm³/mol. The van der Waals surface area contributed by atoms with Crippen molar-refractivity contribution in [2.75, 3.05) is 33.4 Å². The number of ether oxygens (including phenoxy) is 1. The summed E-state index contributed by atoms with van der Waals surface area (Å²) in [6.07, 6.45) is 6.00. The minimum atomic E-state index is -0.108. The summed E-state index contributed by atoms with van der Waals surface area (Å²) in [6, 6.07) is 9.88. The highest BCUT2D eigenvalue weighted by atomic mass is 32.1. The molecule has 1 N–H and O–H groups in total. The summed E-state index contributed by atoms with van der Waals surface area (Å²) in [5, 5.41) is 4.03. The first kappa shape index (κ1) is 20.6. The van der Waals surface area contributed by atoms with Crippen LogP contribution in [0.15, 0.2) is 48.9 Å². The molecule has 0 aliphatic carbocycles. The van der Waals surface area contributed by atoms with Gasteiger partial charge in [-0.1, -0.05) is 18.2 Å². The second-order valence-corrected chi connectivity index (χ2v) is 8.83. The number of carbonyl (C=O) groups excluding carboxylic acids is 2. The molecular weight excluding hydrogens is 426 g/mol. The zero-order valence-electron chi connectivity index (χ0n) is 17.7. The molecular formula is C23H23N5O3S. The lowest BCUT2D eigenvalue weighted by Crippen LogP contribution is -2.29. The van der Waals surface area contributed by atoms with Gasteiger partial charge in [0.15, 0.2) is 0 Å². The van der Waals surface area contributed by atoms with Gasteiger partial charge in [0.05, 0.1) is 11.5 Å². The Balaban J connectivity index is 1.41. The first-order valence-electron chi connectivity index (χ1n) is 10.5. The van der Waals surface area contributed by atoms with Crippen molar-refractivity contribution in [1.82, 2.24) is 24.6 Å². The Morgan fingerprint density at radius 2 is 2.16 bits per heavy atom. The van der Waals surface area contributed by atoms with Gasteiger partial charge in [-0.2, -0.15) is 0 Å². The van der Waals surface area contributed by atoms with Crippen molar-refractivity contribution in [2.24, 2.45) is 0 Å². The van der Waals surface area contributed by atoms with Crippen molar-refractivity contribution in [3.05, 3.63) is 65.1 Å². The van der Waals surface area contributed by atoms with E-state index in [2.05, 4.69) is 21.4 Å². The van der Waals surface area contributed by atoms with E-state index in [1.165, 1.54) is 11.3 Å². The van der Waals surface area contributed by atoms with Crippen LogP contribution >= 0.6 is 11.3 Å². The molecule has 0 radical (unpaired) electrons. The van der Waals surface area contributed by atoms with Crippen LogP contribution in [0.2, 0.25) is 0 Å². The minimum absolute atomic E-state index is 0.0885. The van der Waals surface area contributed by atoms with Gasteiger partial charge in [-0.15, -0.1) is 11.3 Å². The van der Waals surface area contributed by atoms with Crippen molar-refractivity contribution < 1.29 is 14.3 Å². The summed E-state index contributed by atoms with van der Waals surface area (Å²) in [5.74, 6) is 0.400.